The highest BCUT2D eigenvalue weighted by Crippen LogP contribution is 2.53. The predicted octanol–water partition coefficient (Wildman–Crippen LogP) is 3.54. The lowest BCUT2D eigenvalue weighted by molar-refractivity contribution is -0.0328. The van der Waals surface area contributed by atoms with Crippen molar-refractivity contribution in [2.24, 2.45) is 22.3 Å². The Balaban J connectivity index is 2.20. The molecule has 2 rings (SSSR count). The molecule has 0 aliphatic heterocycles. The number of hydrogen-bond donors (Lipinski definition) is 2. The second kappa shape index (κ2) is 4.55. The molecule has 2 nitrogen and oxygen atoms in total. The summed E-state index contributed by atoms with van der Waals surface area (Å²) in [5.74, 6) is 0. The van der Waals surface area contributed by atoms with Crippen LogP contribution in [0.1, 0.15) is 78.1 Å². The topological polar surface area (TPSA) is 52.0 Å². The molecule has 17 heavy (non-hydrogen) atoms. The van der Waals surface area contributed by atoms with Crippen molar-refractivity contribution in [1.82, 2.24) is 0 Å². The van der Waals surface area contributed by atoms with Crippen molar-refractivity contribution in [1.29, 1.82) is 0 Å². The van der Waals surface area contributed by atoms with E-state index in [2.05, 4.69) is 13.8 Å². The Kier molecular flexibility index (Phi) is 3.57. The van der Waals surface area contributed by atoms with Crippen LogP contribution in [0.25, 0.3) is 0 Å². The Morgan fingerprint density at radius 1 is 0.647 bits per heavy atom. The molecule has 0 heterocycles. The summed E-state index contributed by atoms with van der Waals surface area (Å²) < 4.78 is 0. The molecular formula is C15H30N2. The third kappa shape index (κ3) is 2.15. The van der Waals surface area contributed by atoms with Crippen LogP contribution in [-0.2, 0) is 0 Å². The molecule has 0 saturated heterocycles. The van der Waals surface area contributed by atoms with E-state index in [-0.39, 0.29) is 10.8 Å². The Morgan fingerprint density at radius 2 is 0.941 bits per heavy atom. The van der Waals surface area contributed by atoms with Crippen molar-refractivity contribution in [2.45, 2.75) is 83.7 Å². The molecule has 4 N–H and O–H groups in total. The van der Waals surface area contributed by atoms with Crippen molar-refractivity contribution in [3.63, 3.8) is 0 Å². The van der Waals surface area contributed by atoms with E-state index in [0.29, 0.717) is 0 Å². The zero-order chi connectivity index (χ0) is 12.6. The third-order valence-electron chi connectivity index (χ3n) is 5.91. The SMILES string of the molecule is CC1(C(N)(N)C2(C)CCCCC2)CCCCC1. The van der Waals surface area contributed by atoms with Crippen LogP contribution in [0.3, 0.4) is 0 Å². The van der Waals surface area contributed by atoms with E-state index < -0.39 is 5.66 Å². The summed E-state index contributed by atoms with van der Waals surface area (Å²) in [5.41, 5.74) is 13.2. The molecule has 2 fully saturated rings. The molecule has 0 aromatic heterocycles. The maximum absolute atomic E-state index is 6.71. The Labute approximate surface area is 107 Å². The maximum atomic E-state index is 6.71. The quantitative estimate of drug-likeness (QED) is 0.723. The van der Waals surface area contributed by atoms with Crippen molar-refractivity contribution < 1.29 is 0 Å². The van der Waals surface area contributed by atoms with E-state index in [9.17, 15) is 0 Å². The second-order valence-electron chi connectivity index (χ2n) is 7.11. The van der Waals surface area contributed by atoms with Crippen LogP contribution >= 0.6 is 0 Å². The van der Waals surface area contributed by atoms with E-state index in [1.807, 2.05) is 0 Å². The first-order valence-corrected chi connectivity index (χ1v) is 7.49. The van der Waals surface area contributed by atoms with Gasteiger partial charge in [0, 0.05) is 0 Å². The predicted molar refractivity (Wildman–Crippen MR) is 73.5 cm³/mol. The van der Waals surface area contributed by atoms with Crippen molar-refractivity contribution >= 4 is 0 Å². The van der Waals surface area contributed by atoms with Gasteiger partial charge in [0.05, 0.1) is 5.66 Å². The fraction of sp³-hybridized carbons (Fsp3) is 1.00. The van der Waals surface area contributed by atoms with Crippen molar-refractivity contribution in [3.8, 4) is 0 Å². The second-order valence-corrected chi connectivity index (χ2v) is 7.11. The zero-order valence-corrected chi connectivity index (χ0v) is 11.7. The fourth-order valence-electron chi connectivity index (χ4n) is 4.22. The van der Waals surface area contributed by atoms with Crippen LogP contribution in [0.4, 0.5) is 0 Å². The Morgan fingerprint density at radius 3 is 1.24 bits per heavy atom. The summed E-state index contributed by atoms with van der Waals surface area (Å²) >= 11 is 0. The van der Waals surface area contributed by atoms with Gasteiger partial charge in [-0.2, -0.15) is 0 Å². The number of nitrogens with two attached hydrogens (primary N) is 2. The minimum Gasteiger partial charge on any atom is -0.313 e. The molecular weight excluding hydrogens is 208 g/mol. The molecule has 0 atom stereocenters. The van der Waals surface area contributed by atoms with Gasteiger partial charge in [-0.25, -0.2) is 0 Å². The normalized spacial score (nSPS) is 28.9. The summed E-state index contributed by atoms with van der Waals surface area (Å²) in [6.07, 6.45) is 12.8. The molecule has 0 amide bonds. The minimum atomic E-state index is -0.485. The van der Waals surface area contributed by atoms with Gasteiger partial charge in [-0.1, -0.05) is 52.4 Å². The average molecular weight is 238 g/mol. The molecule has 0 bridgehead atoms. The highest BCUT2D eigenvalue weighted by Gasteiger charge is 2.53. The minimum absolute atomic E-state index is 0.150. The first-order valence-electron chi connectivity index (χ1n) is 7.49. The first-order chi connectivity index (χ1) is 7.91. The summed E-state index contributed by atoms with van der Waals surface area (Å²) in [5, 5.41) is 0. The van der Waals surface area contributed by atoms with Gasteiger partial charge in [0.1, 0.15) is 0 Å². The lowest BCUT2D eigenvalue weighted by atomic mass is 9.54. The van der Waals surface area contributed by atoms with E-state index in [1.54, 1.807) is 0 Å². The van der Waals surface area contributed by atoms with E-state index >= 15 is 0 Å². The van der Waals surface area contributed by atoms with Crippen LogP contribution in [0.2, 0.25) is 0 Å². The van der Waals surface area contributed by atoms with Crippen LogP contribution in [0.5, 0.6) is 0 Å². The van der Waals surface area contributed by atoms with Gasteiger partial charge >= 0.3 is 0 Å². The van der Waals surface area contributed by atoms with Crippen LogP contribution in [0.15, 0.2) is 0 Å². The fourth-order valence-corrected chi connectivity index (χ4v) is 4.22. The van der Waals surface area contributed by atoms with Gasteiger partial charge in [-0.3, -0.25) is 0 Å². The summed E-state index contributed by atoms with van der Waals surface area (Å²) in [4.78, 5) is 0. The third-order valence-corrected chi connectivity index (χ3v) is 5.91. The molecule has 2 aliphatic rings. The molecule has 0 aromatic carbocycles. The Bertz CT molecular complexity index is 232. The van der Waals surface area contributed by atoms with Crippen molar-refractivity contribution in [3.05, 3.63) is 0 Å². The summed E-state index contributed by atoms with van der Waals surface area (Å²) in [6.45, 7) is 4.68. The monoisotopic (exact) mass is 238 g/mol. The average Bonchev–Trinajstić information content (AvgIpc) is 2.30. The van der Waals surface area contributed by atoms with Gasteiger partial charge in [0.25, 0.3) is 0 Å². The van der Waals surface area contributed by atoms with Gasteiger partial charge in [-0.15, -0.1) is 0 Å². The largest absolute Gasteiger partial charge is 0.313 e. The van der Waals surface area contributed by atoms with Crippen LogP contribution in [-0.4, -0.2) is 5.66 Å². The molecule has 0 radical (unpaired) electrons. The van der Waals surface area contributed by atoms with Gasteiger partial charge < -0.3 is 11.5 Å². The molecule has 0 aromatic rings. The standard InChI is InChI=1S/C15H30N2/c1-13(9-5-3-6-10-13)15(16,17)14(2)11-7-4-8-12-14/h3-12,16-17H2,1-2H3. The highest BCUT2D eigenvalue weighted by molar-refractivity contribution is 5.07. The first kappa shape index (κ1) is 13.4. The number of rotatable bonds is 2. The molecule has 0 unspecified atom stereocenters. The van der Waals surface area contributed by atoms with Crippen LogP contribution in [0, 0.1) is 10.8 Å². The number of hydrogen-bond acceptors (Lipinski definition) is 2. The highest BCUT2D eigenvalue weighted by atomic mass is 15.0. The molecule has 2 saturated carbocycles. The van der Waals surface area contributed by atoms with Gasteiger partial charge in [-0.05, 0) is 36.5 Å². The van der Waals surface area contributed by atoms with E-state index in [1.165, 1.54) is 64.2 Å². The molecule has 100 valence electrons. The molecule has 2 aliphatic carbocycles. The summed E-state index contributed by atoms with van der Waals surface area (Å²) in [6, 6.07) is 0. The molecule has 2 heteroatoms. The van der Waals surface area contributed by atoms with E-state index in [4.69, 9.17) is 11.5 Å². The van der Waals surface area contributed by atoms with Crippen LogP contribution < -0.4 is 11.5 Å². The molecule has 0 spiro atoms. The summed E-state index contributed by atoms with van der Waals surface area (Å²) in [7, 11) is 0. The Hall–Kier alpha value is -0.0800. The van der Waals surface area contributed by atoms with Gasteiger partial charge in [0.2, 0.25) is 0 Å². The van der Waals surface area contributed by atoms with Crippen molar-refractivity contribution in [2.75, 3.05) is 0 Å². The maximum Gasteiger partial charge on any atom is 0.0746 e. The lowest BCUT2D eigenvalue weighted by Gasteiger charge is -2.57. The lowest BCUT2D eigenvalue weighted by Crippen LogP contribution is -2.71. The van der Waals surface area contributed by atoms with Gasteiger partial charge in [0.15, 0.2) is 0 Å². The van der Waals surface area contributed by atoms with E-state index in [0.717, 1.165) is 0 Å². The zero-order valence-electron chi connectivity index (χ0n) is 11.7. The smallest absolute Gasteiger partial charge is 0.0746 e.